The summed E-state index contributed by atoms with van der Waals surface area (Å²) in [6.45, 7) is 3.01. The summed E-state index contributed by atoms with van der Waals surface area (Å²) in [6, 6.07) is 7.11. The largest absolute Gasteiger partial charge is 0.433 e. The average molecular weight is 406 g/mol. The molecule has 0 aliphatic carbocycles. The second-order valence-corrected chi connectivity index (χ2v) is 6.84. The van der Waals surface area contributed by atoms with Crippen LogP contribution < -0.4 is 20.3 Å². The molecular formula is C20H28F2N6O. The number of aryl methyl sites for hydroxylation is 1. The first-order chi connectivity index (χ1) is 14.2. The molecule has 9 heteroatoms. The van der Waals surface area contributed by atoms with Gasteiger partial charge in [0.25, 0.3) is 0 Å². The second kappa shape index (κ2) is 10.6. The Balaban J connectivity index is 1.53. The molecule has 0 spiro atoms. The SMILES string of the molecule is CCNC(=NCCCn1ccnc1)NC1CCN(c2ccccc2OC(F)F)C1. The highest BCUT2D eigenvalue weighted by Gasteiger charge is 2.26. The molecule has 0 saturated carbocycles. The van der Waals surface area contributed by atoms with E-state index in [4.69, 9.17) is 0 Å². The molecule has 0 radical (unpaired) electrons. The molecule has 1 fully saturated rings. The van der Waals surface area contributed by atoms with Gasteiger partial charge in [0.2, 0.25) is 0 Å². The lowest BCUT2D eigenvalue weighted by atomic mass is 10.2. The van der Waals surface area contributed by atoms with Crippen LogP contribution >= 0.6 is 0 Å². The average Bonchev–Trinajstić information content (AvgIpc) is 3.37. The number of ether oxygens (including phenoxy) is 1. The first kappa shape index (κ1) is 20.9. The van der Waals surface area contributed by atoms with Crippen LogP contribution in [-0.4, -0.2) is 54.3 Å². The lowest BCUT2D eigenvalue weighted by molar-refractivity contribution is -0.0495. The minimum atomic E-state index is -2.83. The quantitative estimate of drug-likeness (QED) is 0.381. The zero-order valence-electron chi connectivity index (χ0n) is 16.6. The minimum absolute atomic E-state index is 0.182. The third-order valence-electron chi connectivity index (χ3n) is 4.70. The van der Waals surface area contributed by atoms with Crippen molar-refractivity contribution in [3.8, 4) is 5.75 Å². The maximum Gasteiger partial charge on any atom is 0.387 e. The maximum atomic E-state index is 12.7. The molecule has 2 N–H and O–H groups in total. The van der Waals surface area contributed by atoms with E-state index >= 15 is 0 Å². The molecule has 1 unspecified atom stereocenters. The summed E-state index contributed by atoms with van der Waals surface area (Å²) >= 11 is 0. The molecule has 1 aliphatic rings. The summed E-state index contributed by atoms with van der Waals surface area (Å²) in [6.07, 6.45) is 7.32. The van der Waals surface area contributed by atoms with Crippen LogP contribution in [0.25, 0.3) is 0 Å². The number of imidazole rings is 1. The van der Waals surface area contributed by atoms with Crippen LogP contribution in [0.5, 0.6) is 5.75 Å². The minimum Gasteiger partial charge on any atom is -0.433 e. The van der Waals surface area contributed by atoms with Gasteiger partial charge in [0.15, 0.2) is 5.96 Å². The van der Waals surface area contributed by atoms with Crippen molar-refractivity contribution in [3.05, 3.63) is 43.0 Å². The van der Waals surface area contributed by atoms with Gasteiger partial charge in [-0.1, -0.05) is 12.1 Å². The number of benzene rings is 1. The number of nitrogens with one attached hydrogen (secondary N) is 2. The third-order valence-corrected chi connectivity index (χ3v) is 4.70. The lowest BCUT2D eigenvalue weighted by Crippen LogP contribution is -2.44. The molecule has 2 heterocycles. The van der Waals surface area contributed by atoms with E-state index in [-0.39, 0.29) is 11.8 Å². The smallest absolute Gasteiger partial charge is 0.387 e. The number of alkyl halides is 2. The molecule has 0 bridgehead atoms. The molecule has 2 aromatic rings. The Hall–Kier alpha value is -2.84. The fourth-order valence-corrected chi connectivity index (χ4v) is 3.39. The monoisotopic (exact) mass is 406 g/mol. The van der Waals surface area contributed by atoms with Crippen LogP contribution in [0.4, 0.5) is 14.5 Å². The number of guanidine groups is 1. The van der Waals surface area contributed by atoms with Gasteiger partial charge >= 0.3 is 6.61 Å². The molecule has 1 aromatic carbocycles. The van der Waals surface area contributed by atoms with E-state index in [9.17, 15) is 8.78 Å². The van der Waals surface area contributed by atoms with Crippen LogP contribution in [0, 0.1) is 0 Å². The van der Waals surface area contributed by atoms with Gasteiger partial charge in [-0.05, 0) is 31.9 Å². The second-order valence-electron chi connectivity index (χ2n) is 6.84. The Morgan fingerprint density at radius 2 is 2.24 bits per heavy atom. The number of hydrogen-bond donors (Lipinski definition) is 2. The van der Waals surface area contributed by atoms with E-state index < -0.39 is 6.61 Å². The van der Waals surface area contributed by atoms with Crippen molar-refractivity contribution < 1.29 is 13.5 Å². The molecule has 0 amide bonds. The van der Waals surface area contributed by atoms with Crippen molar-refractivity contribution in [3.63, 3.8) is 0 Å². The van der Waals surface area contributed by atoms with Crippen LogP contribution in [0.15, 0.2) is 48.0 Å². The molecule has 7 nitrogen and oxygen atoms in total. The zero-order chi connectivity index (χ0) is 20.5. The van der Waals surface area contributed by atoms with Crippen molar-refractivity contribution in [2.24, 2.45) is 4.99 Å². The van der Waals surface area contributed by atoms with E-state index in [0.717, 1.165) is 38.4 Å². The lowest BCUT2D eigenvalue weighted by Gasteiger charge is -2.22. The molecule has 1 atom stereocenters. The van der Waals surface area contributed by atoms with E-state index in [1.54, 1.807) is 24.7 Å². The first-order valence-corrected chi connectivity index (χ1v) is 9.95. The number of rotatable bonds is 9. The summed E-state index contributed by atoms with van der Waals surface area (Å²) in [4.78, 5) is 10.8. The number of nitrogens with zero attached hydrogens (tertiary/aromatic N) is 4. The van der Waals surface area contributed by atoms with Crippen LogP contribution in [0.1, 0.15) is 19.8 Å². The predicted octanol–water partition coefficient (Wildman–Crippen LogP) is 2.71. The van der Waals surface area contributed by atoms with Gasteiger partial charge in [0, 0.05) is 51.2 Å². The van der Waals surface area contributed by atoms with Gasteiger partial charge in [-0.3, -0.25) is 4.99 Å². The summed E-state index contributed by atoms with van der Waals surface area (Å²) in [5.41, 5.74) is 0.694. The first-order valence-electron chi connectivity index (χ1n) is 9.95. The molecular weight excluding hydrogens is 378 g/mol. The van der Waals surface area contributed by atoms with Gasteiger partial charge in [-0.15, -0.1) is 0 Å². The van der Waals surface area contributed by atoms with Gasteiger partial charge in [0.05, 0.1) is 12.0 Å². The Bertz CT molecular complexity index is 768. The van der Waals surface area contributed by atoms with Crippen LogP contribution in [0.2, 0.25) is 0 Å². The number of aliphatic imine (C=N–C) groups is 1. The normalized spacial score (nSPS) is 17.0. The van der Waals surface area contributed by atoms with Gasteiger partial charge in [0.1, 0.15) is 5.75 Å². The van der Waals surface area contributed by atoms with Crippen molar-refractivity contribution in [1.29, 1.82) is 0 Å². The number of aromatic nitrogens is 2. The fraction of sp³-hybridized carbons (Fsp3) is 0.500. The topological polar surface area (TPSA) is 66.7 Å². The highest BCUT2D eigenvalue weighted by molar-refractivity contribution is 5.80. The van der Waals surface area contributed by atoms with Crippen molar-refractivity contribution in [2.75, 3.05) is 31.1 Å². The Kier molecular flexibility index (Phi) is 7.66. The molecule has 158 valence electrons. The Morgan fingerprint density at radius 1 is 1.38 bits per heavy atom. The van der Waals surface area contributed by atoms with Gasteiger partial charge in [-0.2, -0.15) is 8.78 Å². The predicted molar refractivity (Wildman–Crippen MR) is 110 cm³/mol. The highest BCUT2D eigenvalue weighted by atomic mass is 19.3. The van der Waals surface area contributed by atoms with Crippen LogP contribution in [0.3, 0.4) is 0 Å². The molecule has 1 aromatic heterocycles. The molecule has 1 saturated heterocycles. The molecule has 29 heavy (non-hydrogen) atoms. The van der Waals surface area contributed by atoms with E-state index in [0.29, 0.717) is 18.8 Å². The van der Waals surface area contributed by atoms with Crippen LogP contribution in [-0.2, 0) is 6.54 Å². The highest BCUT2D eigenvalue weighted by Crippen LogP contribution is 2.31. The summed E-state index contributed by atoms with van der Waals surface area (Å²) < 4.78 is 32.1. The van der Waals surface area contributed by atoms with E-state index in [2.05, 4.69) is 30.2 Å². The Morgan fingerprint density at radius 3 is 3.00 bits per heavy atom. The summed E-state index contributed by atoms with van der Waals surface area (Å²) in [5.74, 6) is 0.991. The third kappa shape index (κ3) is 6.33. The Labute approximate surface area is 169 Å². The fourth-order valence-electron chi connectivity index (χ4n) is 3.39. The zero-order valence-corrected chi connectivity index (χ0v) is 16.6. The number of para-hydroxylation sites is 2. The maximum absolute atomic E-state index is 12.7. The van der Waals surface area contributed by atoms with E-state index in [1.165, 1.54) is 0 Å². The van der Waals surface area contributed by atoms with Crippen molar-refractivity contribution in [1.82, 2.24) is 20.2 Å². The van der Waals surface area contributed by atoms with Gasteiger partial charge in [-0.25, -0.2) is 4.98 Å². The van der Waals surface area contributed by atoms with Crippen molar-refractivity contribution >= 4 is 11.6 Å². The van der Waals surface area contributed by atoms with Crippen molar-refractivity contribution in [2.45, 2.75) is 39.0 Å². The number of anilines is 1. The molecule has 1 aliphatic heterocycles. The molecule has 3 rings (SSSR count). The van der Waals surface area contributed by atoms with E-state index in [1.807, 2.05) is 29.8 Å². The summed E-state index contributed by atoms with van der Waals surface area (Å²) in [7, 11) is 0. The number of hydrogen-bond acceptors (Lipinski definition) is 4. The number of halogens is 2. The van der Waals surface area contributed by atoms with Gasteiger partial charge < -0.3 is 24.8 Å². The standard InChI is InChI=1S/C20H28F2N6O/c1-2-24-20(25-9-5-11-27-13-10-23-15-27)26-16-8-12-28(14-16)17-6-3-4-7-18(17)29-19(21)22/h3-4,6-7,10,13,15-16,19H,2,5,8-9,11-12,14H2,1H3,(H2,24,25,26). The summed E-state index contributed by atoms with van der Waals surface area (Å²) in [5, 5.41) is 6.73.